The number of nitrogens with zero attached hydrogens (tertiary/aromatic N) is 1. The molecule has 2 N–H and O–H groups in total. The number of pyridine rings is 1. The first kappa shape index (κ1) is 14.0. The molecule has 0 aromatic carbocycles. The Bertz CT molecular complexity index is 618. The Hall–Kier alpha value is -2.37. The molecule has 1 aromatic heterocycles. The standard InChI is InChI=1S/C14H16N2O4/c1-16-8-9(6-7-12(16)17)15-13(18)10-4-2-3-5-11(10)14(19)20/h2-3,6-8,10-11H,4-5H2,1H3,(H,15,18)(H,19,20)/t10-,11+/m1/s1. The normalized spacial score (nSPS) is 21.4. The lowest BCUT2D eigenvalue weighted by molar-refractivity contribution is -0.146. The van der Waals surface area contributed by atoms with Crippen molar-refractivity contribution < 1.29 is 14.7 Å². The Morgan fingerprint density at radius 1 is 1.25 bits per heavy atom. The van der Waals surface area contributed by atoms with E-state index in [1.54, 1.807) is 13.1 Å². The number of carboxylic acids is 1. The van der Waals surface area contributed by atoms with Crippen molar-refractivity contribution in [1.82, 2.24) is 4.57 Å². The molecular formula is C14H16N2O4. The van der Waals surface area contributed by atoms with E-state index < -0.39 is 17.8 Å². The molecule has 1 aliphatic rings. The number of hydrogen-bond acceptors (Lipinski definition) is 3. The zero-order valence-corrected chi connectivity index (χ0v) is 11.1. The van der Waals surface area contributed by atoms with E-state index in [0.29, 0.717) is 18.5 Å². The molecule has 20 heavy (non-hydrogen) atoms. The number of allylic oxidation sites excluding steroid dienone is 2. The summed E-state index contributed by atoms with van der Waals surface area (Å²) in [6, 6.07) is 2.86. The van der Waals surface area contributed by atoms with Gasteiger partial charge in [-0.3, -0.25) is 14.4 Å². The van der Waals surface area contributed by atoms with Crippen LogP contribution in [0.15, 0.2) is 35.3 Å². The minimum absolute atomic E-state index is 0.174. The number of aryl methyl sites for hydroxylation is 1. The fourth-order valence-corrected chi connectivity index (χ4v) is 2.28. The van der Waals surface area contributed by atoms with Gasteiger partial charge in [0, 0.05) is 19.3 Å². The molecule has 0 spiro atoms. The first-order valence-electron chi connectivity index (χ1n) is 6.34. The van der Waals surface area contributed by atoms with Crippen molar-refractivity contribution in [2.24, 2.45) is 18.9 Å². The summed E-state index contributed by atoms with van der Waals surface area (Å²) < 4.78 is 1.35. The number of rotatable bonds is 3. The van der Waals surface area contributed by atoms with Gasteiger partial charge in [0.25, 0.3) is 0 Å². The smallest absolute Gasteiger partial charge is 0.307 e. The largest absolute Gasteiger partial charge is 0.481 e. The lowest BCUT2D eigenvalue weighted by Gasteiger charge is -2.24. The number of carboxylic acid groups (broad SMARTS) is 1. The van der Waals surface area contributed by atoms with E-state index in [0.717, 1.165) is 0 Å². The van der Waals surface area contributed by atoms with Crippen LogP contribution in [-0.2, 0) is 16.6 Å². The van der Waals surface area contributed by atoms with Crippen LogP contribution in [0.2, 0.25) is 0 Å². The number of carbonyl (C=O) groups is 2. The first-order chi connectivity index (χ1) is 9.49. The maximum atomic E-state index is 12.2. The third-order valence-corrected chi connectivity index (χ3v) is 3.44. The van der Waals surface area contributed by atoms with Gasteiger partial charge in [-0.05, 0) is 18.9 Å². The van der Waals surface area contributed by atoms with Crippen molar-refractivity contribution in [1.29, 1.82) is 0 Å². The highest BCUT2D eigenvalue weighted by Crippen LogP contribution is 2.27. The van der Waals surface area contributed by atoms with Crippen LogP contribution in [0.3, 0.4) is 0 Å². The summed E-state index contributed by atoms with van der Waals surface area (Å²) in [5, 5.41) is 11.8. The van der Waals surface area contributed by atoms with E-state index in [1.807, 2.05) is 6.08 Å². The third kappa shape index (κ3) is 2.96. The number of carbonyl (C=O) groups excluding carboxylic acids is 1. The molecule has 1 aliphatic carbocycles. The van der Waals surface area contributed by atoms with Gasteiger partial charge in [-0.15, -0.1) is 0 Å². The molecule has 0 unspecified atom stereocenters. The Morgan fingerprint density at radius 3 is 2.50 bits per heavy atom. The quantitative estimate of drug-likeness (QED) is 0.806. The van der Waals surface area contributed by atoms with Gasteiger partial charge in [-0.1, -0.05) is 12.2 Å². The van der Waals surface area contributed by atoms with Gasteiger partial charge >= 0.3 is 5.97 Å². The molecule has 0 radical (unpaired) electrons. The predicted octanol–water partition coefficient (Wildman–Crippen LogP) is 0.991. The second-order valence-corrected chi connectivity index (χ2v) is 4.85. The van der Waals surface area contributed by atoms with Crippen LogP contribution in [0.4, 0.5) is 5.69 Å². The summed E-state index contributed by atoms with van der Waals surface area (Å²) in [5.74, 6) is -2.59. The molecule has 1 heterocycles. The Labute approximate surface area is 115 Å². The summed E-state index contributed by atoms with van der Waals surface area (Å²) >= 11 is 0. The Balaban J connectivity index is 2.14. The van der Waals surface area contributed by atoms with Crippen LogP contribution in [-0.4, -0.2) is 21.6 Å². The van der Waals surface area contributed by atoms with E-state index >= 15 is 0 Å². The van der Waals surface area contributed by atoms with Crippen LogP contribution in [0.25, 0.3) is 0 Å². The van der Waals surface area contributed by atoms with E-state index in [9.17, 15) is 14.4 Å². The van der Waals surface area contributed by atoms with Crippen molar-refractivity contribution in [3.8, 4) is 0 Å². The van der Waals surface area contributed by atoms with Gasteiger partial charge in [-0.2, -0.15) is 0 Å². The molecule has 0 fully saturated rings. The van der Waals surface area contributed by atoms with Crippen molar-refractivity contribution in [3.05, 3.63) is 40.8 Å². The van der Waals surface area contributed by atoms with Crippen molar-refractivity contribution in [2.45, 2.75) is 12.8 Å². The SMILES string of the molecule is Cn1cc(NC(=O)[C@@H]2CC=CC[C@@H]2C(=O)O)ccc1=O. The molecule has 0 bridgehead atoms. The number of anilines is 1. The monoisotopic (exact) mass is 276 g/mol. The fraction of sp³-hybridized carbons (Fsp3) is 0.357. The highest BCUT2D eigenvalue weighted by molar-refractivity contribution is 5.95. The summed E-state index contributed by atoms with van der Waals surface area (Å²) in [5.41, 5.74) is 0.308. The molecule has 0 saturated heterocycles. The van der Waals surface area contributed by atoms with Crippen molar-refractivity contribution in [2.75, 3.05) is 5.32 Å². The number of hydrogen-bond donors (Lipinski definition) is 2. The molecule has 106 valence electrons. The summed E-state index contributed by atoms with van der Waals surface area (Å²) in [6.45, 7) is 0. The molecule has 1 aromatic rings. The number of amides is 1. The number of nitrogens with one attached hydrogen (secondary N) is 1. The minimum atomic E-state index is -0.963. The van der Waals surface area contributed by atoms with Crippen LogP contribution >= 0.6 is 0 Å². The minimum Gasteiger partial charge on any atom is -0.481 e. The van der Waals surface area contributed by atoms with Crippen LogP contribution in [0.5, 0.6) is 0 Å². The van der Waals surface area contributed by atoms with Gasteiger partial charge in [0.2, 0.25) is 11.5 Å². The van der Waals surface area contributed by atoms with E-state index in [1.165, 1.54) is 22.9 Å². The number of aromatic nitrogens is 1. The molecular weight excluding hydrogens is 260 g/mol. The van der Waals surface area contributed by atoms with Crippen LogP contribution in [0.1, 0.15) is 12.8 Å². The summed E-state index contributed by atoms with van der Waals surface area (Å²) in [4.78, 5) is 34.6. The summed E-state index contributed by atoms with van der Waals surface area (Å²) in [6.07, 6.45) is 5.89. The molecule has 2 rings (SSSR count). The van der Waals surface area contributed by atoms with Gasteiger partial charge in [0.1, 0.15) is 0 Å². The number of aliphatic carboxylic acids is 1. The average Bonchev–Trinajstić information content (AvgIpc) is 2.43. The molecule has 1 amide bonds. The third-order valence-electron chi connectivity index (χ3n) is 3.44. The van der Waals surface area contributed by atoms with E-state index in [2.05, 4.69) is 5.32 Å². The van der Waals surface area contributed by atoms with Gasteiger partial charge in [-0.25, -0.2) is 0 Å². The van der Waals surface area contributed by atoms with Crippen molar-refractivity contribution >= 4 is 17.6 Å². The predicted molar refractivity (Wildman–Crippen MR) is 73.3 cm³/mol. The van der Waals surface area contributed by atoms with E-state index in [4.69, 9.17) is 5.11 Å². The molecule has 2 atom stereocenters. The van der Waals surface area contributed by atoms with Gasteiger partial charge < -0.3 is 15.0 Å². The maximum Gasteiger partial charge on any atom is 0.307 e. The molecule has 6 nitrogen and oxygen atoms in total. The average molecular weight is 276 g/mol. The maximum absolute atomic E-state index is 12.2. The lowest BCUT2D eigenvalue weighted by Crippen LogP contribution is -2.35. The van der Waals surface area contributed by atoms with Gasteiger partial charge in [0.05, 0.1) is 17.5 Å². The van der Waals surface area contributed by atoms with Gasteiger partial charge in [0.15, 0.2) is 0 Å². The summed E-state index contributed by atoms with van der Waals surface area (Å²) in [7, 11) is 1.58. The zero-order chi connectivity index (χ0) is 14.7. The Kier molecular flexibility index (Phi) is 4.02. The van der Waals surface area contributed by atoms with Crippen LogP contribution in [0, 0.1) is 11.8 Å². The molecule has 0 aliphatic heterocycles. The first-order valence-corrected chi connectivity index (χ1v) is 6.34. The fourth-order valence-electron chi connectivity index (χ4n) is 2.28. The topological polar surface area (TPSA) is 88.4 Å². The molecule has 6 heteroatoms. The Morgan fingerprint density at radius 2 is 1.90 bits per heavy atom. The highest BCUT2D eigenvalue weighted by atomic mass is 16.4. The second-order valence-electron chi connectivity index (χ2n) is 4.85. The molecule has 0 saturated carbocycles. The highest BCUT2D eigenvalue weighted by Gasteiger charge is 2.33. The van der Waals surface area contributed by atoms with Crippen LogP contribution < -0.4 is 10.9 Å². The van der Waals surface area contributed by atoms with Crippen molar-refractivity contribution in [3.63, 3.8) is 0 Å². The van der Waals surface area contributed by atoms with E-state index in [-0.39, 0.29) is 11.5 Å². The zero-order valence-electron chi connectivity index (χ0n) is 11.1. The second kappa shape index (κ2) is 5.73. The lowest BCUT2D eigenvalue weighted by atomic mass is 9.82.